The van der Waals surface area contributed by atoms with Gasteiger partial charge in [0.05, 0.1) is 0 Å². The molecule has 2 aliphatic carbocycles. The van der Waals surface area contributed by atoms with Gasteiger partial charge in [0.1, 0.15) is 0 Å². The van der Waals surface area contributed by atoms with Gasteiger partial charge in [0.2, 0.25) is 11.8 Å². The van der Waals surface area contributed by atoms with Crippen molar-refractivity contribution in [2.75, 3.05) is 26.3 Å². The zero-order valence-corrected chi connectivity index (χ0v) is 17.4. The van der Waals surface area contributed by atoms with Crippen molar-refractivity contribution in [1.82, 2.24) is 9.80 Å². The van der Waals surface area contributed by atoms with E-state index in [0.717, 1.165) is 77.2 Å². The van der Waals surface area contributed by atoms with Crippen LogP contribution in [0, 0.1) is 11.8 Å². The maximum Gasteiger partial charge on any atom is 0.226 e. The molecule has 2 aliphatic heterocycles. The fraction of sp³-hybridized carbons (Fsp3) is 0.913. The number of likely N-dealkylation sites (tertiary alicyclic amines) is 1. The predicted octanol–water partition coefficient (Wildman–Crippen LogP) is 3.76. The third-order valence-electron chi connectivity index (χ3n) is 7.40. The fourth-order valence-corrected chi connectivity index (χ4v) is 5.53. The molecule has 2 amide bonds. The first kappa shape index (κ1) is 20.2. The van der Waals surface area contributed by atoms with Crippen LogP contribution in [0.1, 0.15) is 83.5 Å². The van der Waals surface area contributed by atoms with Gasteiger partial charge in [-0.2, -0.15) is 0 Å². The lowest BCUT2D eigenvalue weighted by Gasteiger charge is -2.44. The van der Waals surface area contributed by atoms with Gasteiger partial charge < -0.3 is 14.5 Å². The van der Waals surface area contributed by atoms with Crippen LogP contribution in [0.4, 0.5) is 0 Å². The quantitative estimate of drug-likeness (QED) is 0.694. The minimum Gasteiger partial charge on any atom is -0.381 e. The van der Waals surface area contributed by atoms with E-state index in [9.17, 15) is 9.59 Å². The van der Waals surface area contributed by atoms with Crippen LogP contribution in [0.2, 0.25) is 0 Å². The molecule has 5 heteroatoms. The molecule has 5 nitrogen and oxygen atoms in total. The molecule has 158 valence electrons. The van der Waals surface area contributed by atoms with Gasteiger partial charge in [-0.3, -0.25) is 9.59 Å². The molecule has 0 spiro atoms. The molecule has 2 saturated heterocycles. The molecule has 4 aliphatic rings. The van der Waals surface area contributed by atoms with Gasteiger partial charge in [-0.15, -0.1) is 0 Å². The molecule has 0 radical (unpaired) electrons. The molecular weight excluding hydrogens is 352 g/mol. The molecule has 28 heavy (non-hydrogen) atoms. The molecular formula is C23H38N2O3. The summed E-state index contributed by atoms with van der Waals surface area (Å²) in [5.74, 6) is 1.68. The van der Waals surface area contributed by atoms with Crippen LogP contribution < -0.4 is 0 Å². The number of hydrogen-bond acceptors (Lipinski definition) is 3. The molecule has 0 N–H and O–H groups in total. The Labute approximate surface area is 170 Å². The van der Waals surface area contributed by atoms with E-state index in [2.05, 4.69) is 9.80 Å². The van der Waals surface area contributed by atoms with Crippen molar-refractivity contribution < 1.29 is 14.3 Å². The topological polar surface area (TPSA) is 49.9 Å². The molecule has 1 atom stereocenters. The smallest absolute Gasteiger partial charge is 0.226 e. The van der Waals surface area contributed by atoms with Crippen molar-refractivity contribution in [3.63, 3.8) is 0 Å². The first-order valence-electron chi connectivity index (χ1n) is 11.9. The van der Waals surface area contributed by atoms with E-state index in [-0.39, 0.29) is 12.0 Å². The Balaban J connectivity index is 1.34. The second kappa shape index (κ2) is 9.60. The average molecular weight is 391 g/mol. The van der Waals surface area contributed by atoms with Crippen molar-refractivity contribution >= 4 is 11.8 Å². The van der Waals surface area contributed by atoms with Crippen LogP contribution in [0.15, 0.2) is 0 Å². The highest BCUT2D eigenvalue weighted by Gasteiger charge is 2.41. The summed E-state index contributed by atoms with van der Waals surface area (Å²) >= 11 is 0. The molecule has 1 unspecified atom stereocenters. The Morgan fingerprint density at radius 2 is 1.61 bits per heavy atom. The standard InChI is InChI=1S/C23H38N2O3/c26-22(11-8-18-5-2-1-3-6-18)24-14-4-7-21(17-24)25(23(27)19-9-10-19)20-12-15-28-16-13-20/h18-21H,1-17H2. The number of carbonyl (C=O) groups excluding carboxylic acids is 2. The fourth-order valence-electron chi connectivity index (χ4n) is 5.53. The van der Waals surface area contributed by atoms with Crippen LogP contribution in [0.5, 0.6) is 0 Å². The van der Waals surface area contributed by atoms with Crippen LogP contribution in [0.25, 0.3) is 0 Å². The number of carbonyl (C=O) groups is 2. The normalized spacial score (nSPS) is 27.6. The molecule has 0 aromatic carbocycles. The zero-order chi connectivity index (χ0) is 19.3. The highest BCUT2D eigenvalue weighted by Crippen LogP contribution is 2.35. The first-order valence-corrected chi connectivity index (χ1v) is 11.9. The van der Waals surface area contributed by atoms with Crippen molar-refractivity contribution in [2.24, 2.45) is 11.8 Å². The van der Waals surface area contributed by atoms with E-state index in [1.54, 1.807) is 0 Å². The first-order chi connectivity index (χ1) is 13.7. The number of ether oxygens (including phenoxy) is 1. The highest BCUT2D eigenvalue weighted by atomic mass is 16.5. The maximum absolute atomic E-state index is 13.1. The number of nitrogens with zero attached hydrogens (tertiary/aromatic N) is 2. The summed E-state index contributed by atoms with van der Waals surface area (Å²) in [6.45, 7) is 3.14. The molecule has 0 aromatic heterocycles. The van der Waals surface area contributed by atoms with E-state index >= 15 is 0 Å². The van der Waals surface area contributed by atoms with Gasteiger partial charge in [-0.05, 0) is 50.9 Å². The van der Waals surface area contributed by atoms with Gasteiger partial charge in [0.15, 0.2) is 0 Å². The summed E-state index contributed by atoms with van der Waals surface area (Å²) in [6.07, 6.45) is 14.5. The third kappa shape index (κ3) is 5.08. The Kier molecular flexibility index (Phi) is 6.92. The summed E-state index contributed by atoms with van der Waals surface area (Å²) in [4.78, 5) is 30.3. The third-order valence-corrected chi connectivity index (χ3v) is 7.40. The highest BCUT2D eigenvalue weighted by molar-refractivity contribution is 5.82. The average Bonchev–Trinajstić information content (AvgIpc) is 3.59. The number of hydrogen-bond donors (Lipinski definition) is 0. The Morgan fingerprint density at radius 1 is 0.857 bits per heavy atom. The van der Waals surface area contributed by atoms with Crippen molar-refractivity contribution in [3.8, 4) is 0 Å². The lowest BCUT2D eigenvalue weighted by Crippen LogP contribution is -2.56. The lowest BCUT2D eigenvalue weighted by atomic mass is 9.86. The van der Waals surface area contributed by atoms with Crippen LogP contribution in [-0.4, -0.2) is 60.0 Å². The second-order valence-electron chi connectivity index (χ2n) is 9.54. The molecule has 4 fully saturated rings. The van der Waals surface area contributed by atoms with Crippen molar-refractivity contribution in [1.29, 1.82) is 0 Å². The SMILES string of the molecule is O=C(CCC1CCCCC1)N1CCCC(N(C(=O)C2CC2)C2CCOCC2)C1. The maximum atomic E-state index is 13.1. The van der Waals surface area contributed by atoms with Crippen molar-refractivity contribution in [2.45, 2.75) is 95.6 Å². The van der Waals surface area contributed by atoms with E-state index in [0.29, 0.717) is 24.3 Å². The van der Waals surface area contributed by atoms with Gasteiger partial charge in [-0.25, -0.2) is 0 Å². The number of rotatable bonds is 6. The van der Waals surface area contributed by atoms with Crippen LogP contribution in [-0.2, 0) is 14.3 Å². The van der Waals surface area contributed by atoms with E-state index < -0.39 is 0 Å². The van der Waals surface area contributed by atoms with Crippen LogP contribution in [0.3, 0.4) is 0 Å². The van der Waals surface area contributed by atoms with Gasteiger partial charge in [-0.1, -0.05) is 32.1 Å². The van der Waals surface area contributed by atoms with Gasteiger partial charge in [0.25, 0.3) is 0 Å². The Morgan fingerprint density at radius 3 is 2.32 bits per heavy atom. The van der Waals surface area contributed by atoms with Gasteiger partial charge in [0, 0.05) is 50.7 Å². The summed E-state index contributed by atoms with van der Waals surface area (Å²) in [6, 6.07) is 0.521. The Hall–Kier alpha value is -1.10. The lowest BCUT2D eigenvalue weighted by molar-refractivity contribution is -0.145. The monoisotopic (exact) mass is 390 g/mol. The molecule has 0 aromatic rings. The molecule has 4 rings (SSSR count). The zero-order valence-electron chi connectivity index (χ0n) is 17.4. The molecule has 2 saturated carbocycles. The molecule has 0 bridgehead atoms. The van der Waals surface area contributed by atoms with E-state index in [1.165, 1.54) is 32.1 Å². The number of amides is 2. The summed E-state index contributed by atoms with van der Waals surface area (Å²) < 4.78 is 5.54. The minimum atomic E-state index is 0.212. The largest absolute Gasteiger partial charge is 0.381 e. The summed E-state index contributed by atoms with van der Waals surface area (Å²) in [5, 5.41) is 0. The van der Waals surface area contributed by atoms with Crippen LogP contribution >= 0.6 is 0 Å². The van der Waals surface area contributed by atoms with E-state index in [1.807, 2.05) is 0 Å². The summed E-state index contributed by atoms with van der Waals surface area (Å²) in [7, 11) is 0. The summed E-state index contributed by atoms with van der Waals surface area (Å²) in [5.41, 5.74) is 0. The predicted molar refractivity (Wildman–Crippen MR) is 109 cm³/mol. The molecule has 2 heterocycles. The second-order valence-corrected chi connectivity index (χ2v) is 9.54. The Bertz CT molecular complexity index is 536. The minimum absolute atomic E-state index is 0.212. The van der Waals surface area contributed by atoms with Crippen molar-refractivity contribution in [3.05, 3.63) is 0 Å². The van der Waals surface area contributed by atoms with E-state index in [4.69, 9.17) is 4.74 Å². The van der Waals surface area contributed by atoms with Gasteiger partial charge >= 0.3 is 0 Å². The number of piperidine rings is 1.